The number of halogens is 2. The second-order valence-corrected chi connectivity index (χ2v) is 6.80. The number of amides is 1. The highest BCUT2D eigenvalue weighted by Gasteiger charge is 2.37. The molecule has 2 aliphatic heterocycles. The molecule has 6 heteroatoms. The van der Waals surface area contributed by atoms with Crippen LogP contribution in [0.1, 0.15) is 25.7 Å². The van der Waals surface area contributed by atoms with Crippen LogP contribution in [0.3, 0.4) is 0 Å². The van der Waals surface area contributed by atoms with Crippen LogP contribution in [-0.2, 0) is 4.79 Å². The lowest BCUT2D eigenvalue weighted by atomic mass is 9.78. The molecule has 1 aromatic rings. The molecule has 0 unspecified atom stereocenters. The summed E-state index contributed by atoms with van der Waals surface area (Å²) in [6.07, 6.45) is 3.95. The highest BCUT2D eigenvalue weighted by atomic mass is 35.5. The van der Waals surface area contributed by atoms with Gasteiger partial charge in [0.15, 0.2) is 0 Å². The first-order valence-corrected chi connectivity index (χ1v) is 8.42. The van der Waals surface area contributed by atoms with Crippen molar-refractivity contribution in [3.05, 3.63) is 29.3 Å². The summed E-state index contributed by atoms with van der Waals surface area (Å²) in [6, 6.07) is 7.23. The number of piperidine rings is 1. The van der Waals surface area contributed by atoms with Crippen molar-refractivity contribution in [1.82, 2.24) is 10.2 Å². The minimum atomic E-state index is 0. The van der Waals surface area contributed by atoms with Crippen LogP contribution in [0.15, 0.2) is 24.3 Å². The molecular weight excluding hydrogens is 335 g/mol. The van der Waals surface area contributed by atoms with Crippen LogP contribution in [0.4, 0.5) is 0 Å². The van der Waals surface area contributed by atoms with Crippen molar-refractivity contribution in [1.29, 1.82) is 0 Å². The second-order valence-electron chi connectivity index (χ2n) is 6.36. The summed E-state index contributed by atoms with van der Waals surface area (Å²) in [4.78, 5) is 14.2. The third kappa shape index (κ3) is 4.75. The summed E-state index contributed by atoms with van der Waals surface area (Å²) >= 11 is 5.83. The molecule has 1 spiro atoms. The molecule has 128 valence electrons. The maximum Gasteiger partial charge on any atom is 0.225 e. The molecule has 0 bridgehead atoms. The average Bonchev–Trinajstić information content (AvgIpc) is 2.98. The zero-order valence-electron chi connectivity index (χ0n) is 13.2. The molecular formula is C17H24Cl2N2O2. The van der Waals surface area contributed by atoms with E-state index in [2.05, 4.69) is 5.32 Å². The largest absolute Gasteiger partial charge is 0.493 e. The number of carbonyl (C=O) groups is 1. The van der Waals surface area contributed by atoms with Gasteiger partial charge in [0.2, 0.25) is 5.91 Å². The van der Waals surface area contributed by atoms with Crippen LogP contribution < -0.4 is 10.1 Å². The van der Waals surface area contributed by atoms with E-state index < -0.39 is 0 Å². The van der Waals surface area contributed by atoms with Crippen molar-refractivity contribution in [2.24, 2.45) is 5.41 Å². The standard InChI is InChI=1S/C17H23ClN2O2.ClH/c18-14-1-3-15(4-2-14)22-12-5-16(21)20-10-7-17(8-11-20)6-9-19-13-17;/h1-4,19H,5-13H2;1H. The molecule has 0 aliphatic carbocycles. The molecule has 3 rings (SSSR count). The first-order valence-electron chi connectivity index (χ1n) is 8.04. The molecule has 1 amide bonds. The lowest BCUT2D eigenvalue weighted by Gasteiger charge is -2.38. The molecule has 2 saturated heterocycles. The number of ether oxygens (including phenoxy) is 1. The van der Waals surface area contributed by atoms with Gasteiger partial charge in [0.25, 0.3) is 0 Å². The van der Waals surface area contributed by atoms with Crippen molar-refractivity contribution in [3.8, 4) is 5.75 Å². The van der Waals surface area contributed by atoms with E-state index in [1.54, 1.807) is 12.1 Å². The van der Waals surface area contributed by atoms with Gasteiger partial charge in [-0.05, 0) is 55.5 Å². The SMILES string of the molecule is Cl.O=C(CCOc1ccc(Cl)cc1)N1CCC2(CCNC2)CC1. The normalized spacial score (nSPS) is 19.4. The Balaban J connectivity index is 0.00000192. The van der Waals surface area contributed by atoms with E-state index in [4.69, 9.17) is 16.3 Å². The van der Waals surface area contributed by atoms with Crippen molar-refractivity contribution in [3.63, 3.8) is 0 Å². The third-order valence-corrected chi connectivity index (χ3v) is 5.16. The monoisotopic (exact) mass is 358 g/mol. The number of nitrogens with zero attached hydrogens (tertiary/aromatic N) is 1. The Bertz CT molecular complexity index is 506. The van der Waals surface area contributed by atoms with E-state index in [1.807, 2.05) is 17.0 Å². The van der Waals surface area contributed by atoms with E-state index >= 15 is 0 Å². The molecule has 2 heterocycles. The summed E-state index contributed by atoms with van der Waals surface area (Å²) in [5, 5.41) is 4.14. The van der Waals surface area contributed by atoms with Gasteiger partial charge in [-0.25, -0.2) is 0 Å². The zero-order valence-corrected chi connectivity index (χ0v) is 14.8. The molecule has 0 atom stereocenters. The van der Waals surface area contributed by atoms with Gasteiger partial charge in [-0.1, -0.05) is 11.6 Å². The van der Waals surface area contributed by atoms with Crippen molar-refractivity contribution in [2.75, 3.05) is 32.8 Å². The van der Waals surface area contributed by atoms with E-state index in [0.717, 1.165) is 44.8 Å². The van der Waals surface area contributed by atoms with Crippen LogP contribution in [0.2, 0.25) is 5.02 Å². The molecule has 2 fully saturated rings. The van der Waals surface area contributed by atoms with Crippen LogP contribution in [0.25, 0.3) is 0 Å². The second kappa shape index (κ2) is 8.22. The molecule has 0 saturated carbocycles. The Kier molecular flexibility index (Phi) is 6.57. The number of carbonyl (C=O) groups excluding carboxylic acids is 1. The van der Waals surface area contributed by atoms with Crippen LogP contribution in [0.5, 0.6) is 5.75 Å². The van der Waals surface area contributed by atoms with Gasteiger partial charge in [-0.3, -0.25) is 4.79 Å². The van der Waals surface area contributed by atoms with Gasteiger partial charge >= 0.3 is 0 Å². The van der Waals surface area contributed by atoms with Gasteiger partial charge in [0.1, 0.15) is 5.75 Å². The first kappa shape index (κ1) is 18.4. The van der Waals surface area contributed by atoms with Gasteiger partial charge < -0.3 is 15.0 Å². The Morgan fingerprint density at radius 3 is 2.52 bits per heavy atom. The molecule has 2 aliphatic rings. The first-order chi connectivity index (χ1) is 10.7. The Morgan fingerprint density at radius 1 is 1.22 bits per heavy atom. The van der Waals surface area contributed by atoms with Crippen molar-refractivity contribution in [2.45, 2.75) is 25.7 Å². The summed E-state index contributed by atoms with van der Waals surface area (Å²) in [6.45, 7) is 4.45. The summed E-state index contributed by atoms with van der Waals surface area (Å²) in [5.41, 5.74) is 0.455. The topological polar surface area (TPSA) is 41.6 Å². The van der Waals surface area contributed by atoms with E-state index in [0.29, 0.717) is 23.5 Å². The van der Waals surface area contributed by atoms with Gasteiger partial charge in [0, 0.05) is 24.7 Å². The zero-order chi connectivity index (χ0) is 15.4. The fraction of sp³-hybridized carbons (Fsp3) is 0.588. The van der Waals surface area contributed by atoms with Crippen LogP contribution >= 0.6 is 24.0 Å². The summed E-state index contributed by atoms with van der Waals surface area (Å²) in [5.74, 6) is 0.960. The van der Waals surface area contributed by atoms with Crippen LogP contribution in [-0.4, -0.2) is 43.6 Å². The number of nitrogens with one attached hydrogen (secondary N) is 1. The quantitative estimate of drug-likeness (QED) is 0.898. The Hall–Kier alpha value is -0.970. The van der Waals surface area contributed by atoms with Crippen molar-refractivity contribution >= 4 is 29.9 Å². The lowest BCUT2D eigenvalue weighted by Crippen LogP contribution is -2.44. The molecule has 4 nitrogen and oxygen atoms in total. The lowest BCUT2D eigenvalue weighted by molar-refractivity contribution is -0.133. The minimum Gasteiger partial charge on any atom is -0.493 e. The van der Waals surface area contributed by atoms with E-state index in [-0.39, 0.29) is 18.3 Å². The average molecular weight is 359 g/mol. The molecule has 1 aromatic carbocycles. The third-order valence-electron chi connectivity index (χ3n) is 4.91. The van der Waals surface area contributed by atoms with Gasteiger partial charge in [-0.15, -0.1) is 12.4 Å². The predicted molar refractivity (Wildman–Crippen MR) is 94.5 cm³/mol. The fourth-order valence-electron chi connectivity index (χ4n) is 3.40. The van der Waals surface area contributed by atoms with Crippen LogP contribution in [0, 0.1) is 5.41 Å². The summed E-state index contributed by atoms with van der Waals surface area (Å²) < 4.78 is 5.60. The maximum absolute atomic E-state index is 12.3. The van der Waals surface area contributed by atoms with E-state index in [1.165, 1.54) is 6.42 Å². The fourth-order valence-corrected chi connectivity index (χ4v) is 3.52. The Morgan fingerprint density at radius 2 is 1.91 bits per heavy atom. The highest BCUT2D eigenvalue weighted by Crippen LogP contribution is 2.36. The number of benzene rings is 1. The predicted octanol–water partition coefficient (Wildman–Crippen LogP) is 3.13. The highest BCUT2D eigenvalue weighted by molar-refractivity contribution is 6.30. The van der Waals surface area contributed by atoms with Gasteiger partial charge in [-0.2, -0.15) is 0 Å². The number of hydrogen-bond donors (Lipinski definition) is 1. The number of rotatable bonds is 4. The Labute approximate surface area is 148 Å². The smallest absolute Gasteiger partial charge is 0.225 e. The molecule has 0 radical (unpaired) electrons. The van der Waals surface area contributed by atoms with Crippen molar-refractivity contribution < 1.29 is 9.53 Å². The summed E-state index contributed by atoms with van der Waals surface area (Å²) in [7, 11) is 0. The minimum absolute atomic E-state index is 0. The molecule has 1 N–H and O–H groups in total. The maximum atomic E-state index is 12.3. The molecule has 0 aromatic heterocycles. The van der Waals surface area contributed by atoms with Gasteiger partial charge in [0.05, 0.1) is 13.0 Å². The number of hydrogen-bond acceptors (Lipinski definition) is 3. The van der Waals surface area contributed by atoms with E-state index in [9.17, 15) is 4.79 Å². The molecule has 23 heavy (non-hydrogen) atoms. The number of likely N-dealkylation sites (tertiary alicyclic amines) is 1.